The number of hydrogen-bond acceptors (Lipinski definition) is 3. The van der Waals surface area contributed by atoms with Gasteiger partial charge in [0.25, 0.3) is 0 Å². The molecule has 3 nitrogen and oxygen atoms in total. The number of nitrogens with two attached hydrogens (primary N) is 1. The number of rotatable bonds is 2. The third-order valence-electron chi connectivity index (χ3n) is 2.24. The molecule has 3 N–H and O–H groups in total. The molecule has 0 bridgehead atoms. The lowest BCUT2D eigenvalue weighted by Gasteiger charge is -2.09. The lowest BCUT2D eigenvalue weighted by Crippen LogP contribution is -1.99. The standard InChI is InChI=1S/C12H11BrClN3/c1-7-4-11(15)12(16-6-7)17-8-2-3-9(13)10(14)5-8/h2-6H,15H2,1H3,(H,16,17). The maximum absolute atomic E-state index is 6.01. The van der Waals surface area contributed by atoms with E-state index in [-0.39, 0.29) is 0 Å². The Bertz CT molecular complexity index is 557. The van der Waals surface area contributed by atoms with E-state index in [0.29, 0.717) is 16.5 Å². The fourth-order valence-electron chi connectivity index (χ4n) is 1.41. The lowest BCUT2D eigenvalue weighted by molar-refractivity contribution is 1.26. The van der Waals surface area contributed by atoms with Crippen LogP contribution in [0.4, 0.5) is 17.2 Å². The fourth-order valence-corrected chi connectivity index (χ4v) is 1.83. The molecule has 1 aromatic carbocycles. The van der Waals surface area contributed by atoms with Crippen LogP contribution in [0.2, 0.25) is 5.02 Å². The number of aromatic nitrogens is 1. The number of hydrogen-bond donors (Lipinski definition) is 2. The van der Waals surface area contributed by atoms with Crippen LogP contribution in [0.25, 0.3) is 0 Å². The van der Waals surface area contributed by atoms with Gasteiger partial charge in [0.2, 0.25) is 0 Å². The molecule has 0 unspecified atom stereocenters. The van der Waals surface area contributed by atoms with Crippen molar-refractivity contribution in [3.05, 3.63) is 45.5 Å². The summed E-state index contributed by atoms with van der Waals surface area (Å²) in [6.07, 6.45) is 1.76. The fraction of sp³-hybridized carbons (Fsp3) is 0.0833. The van der Waals surface area contributed by atoms with Crippen LogP contribution in [-0.4, -0.2) is 4.98 Å². The van der Waals surface area contributed by atoms with Crippen LogP contribution in [-0.2, 0) is 0 Å². The molecule has 88 valence electrons. The summed E-state index contributed by atoms with van der Waals surface area (Å²) in [7, 11) is 0. The van der Waals surface area contributed by atoms with Gasteiger partial charge in [0.1, 0.15) is 0 Å². The molecule has 0 radical (unpaired) electrons. The van der Waals surface area contributed by atoms with E-state index in [4.69, 9.17) is 17.3 Å². The average molecular weight is 313 g/mol. The molecule has 17 heavy (non-hydrogen) atoms. The molecule has 0 amide bonds. The molecule has 1 heterocycles. The van der Waals surface area contributed by atoms with Crippen molar-refractivity contribution in [2.45, 2.75) is 6.92 Å². The van der Waals surface area contributed by atoms with Crippen LogP contribution in [0.5, 0.6) is 0 Å². The Morgan fingerprint density at radius 1 is 1.35 bits per heavy atom. The Kier molecular flexibility index (Phi) is 3.54. The molecule has 0 atom stereocenters. The number of halogens is 2. The van der Waals surface area contributed by atoms with E-state index in [0.717, 1.165) is 15.7 Å². The van der Waals surface area contributed by atoms with E-state index in [1.165, 1.54) is 0 Å². The molecule has 0 saturated carbocycles. The van der Waals surface area contributed by atoms with Gasteiger partial charge in [0.05, 0.1) is 10.7 Å². The molecule has 1 aromatic heterocycles. The maximum Gasteiger partial charge on any atom is 0.153 e. The van der Waals surface area contributed by atoms with Gasteiger partial charge in [-0.15, -0.1) is 0 Å². The van der Waals surface area contributed by atoms with E-state index in [1.807, 2.05) is 31.2 Å². The van der Waals surface area contributed by atoms with E-state index in [1.54, 1.807) is 6.20 Å². The highest BCUT2D eigenvalue weighted by Crippen LogP contribution is 2.28. The quantitative estimate of drug-likeness (QED) is 0.876. The van der Waals surface area contributed by atoms with Gasteiger partial charge in [-0.05, 0) is 52.7 Å². The molecule has 0 fully saturated rings. The Balaban J connectivity index is 2.28. The second-order valence-corrected chi connectivity index (χ2v) is 4.97. The summed E-state index contributed by atoms with van der Waals surface area (Å²) in [4.78, 5) is 4.23. The van der Waals surface area contributed by atoms with Gasteiger partial charge < -0.3 is 11.1 Å². The van der Waals surface area contributed by atoms with Crippen LogP contribution in [0.1, 0.15) is 5.56 Å². The minimum Gasteiger partial charge on any atom is -0.396 e. The van der Waals surface area contributed by atoms with Gasteiger partial charge in [0.15, 0.2) is 5.82 Å². The first-order valence-electron chi connectivity index (χ1n) is 5.00. The number of nitrogen functional groups attached to an aromatic ring is 1. The van der Waals surface area contributed by atoms with Gasteiger partial charge in [-0.2, -0.15) is 0 Å². The van der Waals surface area contributed by atoms with Crippen molar-refractivity contribution in [3.8, 4) is 0 Å². The smallest absolute Gasteiger partial charge is 0.153 e. The number of benzene rings is 1. The van der Waals surface area contributed by atoms with Crippen LogP contribution in [0, 0.1) is 6.92 Å². The summed E-state index contributed by atoms with van der Waals surface area (Å²) < 4.78 is 0.856. The summed E-state index contributed by atoms with van der Waals surface area (Å²) in [6, 6.07) is 7.45. The monoisotopic (exact) mass is 311 g/mol. The van der Waals surface area contributed by atoms with Crippen molar-refractivity contribution in [1.29, 1.82) is 0 Å². The van der Waals surface area contributed by atoms with Gasteiger partial charge in [-0.3, -0.25) is 0 Å². The third-order valence-corrected chi connectivity index (χ3v) is 3.47. The Morgan fingerprint density at radius 3 is 2.76 bits per heavy atom. The van der Waals surface area contributed by atoms with Gasteiger partial charge >= 0.3 is 0 Å². The van der Waals surface area contributed by atoms with Crippen LogP contribution in [0.15, 0.2) is 34.9 Å². The molecule has 0 aliphatic heterocycles. The van der Waals surface area contributed by atoms with Crippen molar-refractivity contribution in [3.63, 3.8) is 0 Å². The number of aryl methyl sites for hydroxylation is 1. The van der Waals surface area contributed by atoms with Gasteiger partial charge in [-0.1, -0.05) is 11.6 Å². The van der Waals surface area contributed by atoms with Crippen LogP contribution < -0.4 is 11.1 Å². The van der Waals surface area contributed by atoms with E-state index in [9.17, 15) is 0 Å². The topological polar surface area (TPSA) is 50.9 Å². The van der Waals surface area contributed by atoms with Gasteiger partial charge in [0, 0.05) is 16.4 Å². The van der Waals surface area contributed by atoms with Crippen molar-refractivity contribution in [2.75, 3.05) is 11.1 Å². The van der Waals surface area contributed by atoms with E-state index >= 15 is 0 Å². The molecular formula is C12H11BrClN3. The van der Waals surface area contributed by atoms with Gasteiger partial charge in [-0.25, -0.2) is 4.98 Å². The van der Waals surface area contributed by atoms with Crippen molar-refractivity contribution in [1.82, 2.24) is 4.98 Å². The molecule has 0 spiro atoms. The molecule has 0 aliphatic rings. The summed E-state index contributed by atoms with van der Waals surface area (Å²) in [5.74, 6) is 0.633. The SMILES string of the molecule is Cc1cnc(Nc2ccc(Br)c(Cl)c2)c(N)c1. The van der Waals surface area contributed by atoms with Crippen LogP contribution in [0.3, 0.4) is 0 Å². The molecule has 5 heteroatoms. The Hall–Kier alpha value is -1.26. The minimum absolute atomic E-state index is 0.615. The molecule has 0 aliphatic carbocycles. The predicted octanol–water partition coefficient (Wildman–Crippen LogP) is 4.13. The summed E-state index contributed by atoms with van der Waals surface area (Å²) in [5.41, 5.74) is 8.36. The first kappa shape index (κ1) is 12.2. The average Bonchev–Trinajstić information content (AvgIpc) is 2.27. The molecule has 0 saturated heterocycles. The lowest BCUT2D eigenvalue weighted by atomic mass is 10.2. The van der Waals surface area contributed by atoms with Crippen molar-refractivity contribution >= 4 is 44.7 Å². The Morgan fingerprint density at radius 2 is 2.12 bits per heavy atom. The van der Waals surface area contributed by atoms with Crippen molar-refractivity contribution < 1.29 is 0 Å². The second kappa shape index (κ2) is 4.94. The summed E-state index contributed by atoms with van der Waals surface area (Å²) >= 11 is 9.35. The molecule has 2 rings (SSSR count). The third kappa shape index (κ3) is 2.90. The first-order valence-corrected chi connectivity index (χ1v) is 6.17. The normalized spacial score (nSPS) is 10.3. The highest BCUT2D eigenvalue weighted by atomic mass is 79.9. The summed E-state index contributed by atoms with van der Waals surface area (Å²) in [5, 5.41) is 3.77. The maximum atomic E-state index is 6.01. The first-order chi connectivity index (χ1) is 8.06. The number of pyridine rings is 1. The zero-order chi connectivity index (χ0) is 12.4. The predicted molar refractivity (Wildman–Crippen MR) is 75.8 cm³/mol. The van der Waals surface area contributed by atoms with Crippen molar-refractivity contribution in [2.24, 2.45) is 0 Å². The molecule has 2 aromatic rings. The highest BCUT2D eigenvalue weighted by Gasteiger charge is 2.03. The Labute approximate surface area is 113 Å². The zero-order valence-electron chi connectivity index (χ0n) is 9.17. The number of nitrogens with one attached hydrogen (secondary N) is 1. The largest absolute Gasteiger partial charge is 0.396 e. The van der Waals surface area contributed by atoms with Crippen LogP contribution >= 0.6 is 27.5 Å². The highest BCUT2D eigenvalue weighted by molar-refractivity contribution is 9.10. The zero-order valence-corrected chi connectivity index (χ0v) is 11.5. The molecular weight excluding hydrogens is 302 g/mol. The number of anilines is 3. The summed E-state index contributed by atoms with van der Waals surface area (Å²) in [6.45, 7) is 1.95. The number of nitrogens with zero attached hydrogens (tertiary/aromatic N) is 1. The second-order valence-electron chi connectivity index (χ2n) is 3.70. The van der Waals surface area contributed by atoms with E-state index < -0.39 is 0 Å². The minimum atomic E-state index is 0.615. The van der Waals surface area contributed by atoms with E-state index in [2.05, 4.69) is 26.2 Å².